The van der Waals surface area contributed by atoms with Gasteiger partial charge in [-0.3, -0.25) is 33.5 Å². The lowest BCUT2D eigenvalue weighted by atomic mass is 10.1. The molecule has 0 aliphatic carbocycles. The van der Waals surface area contributed by atoms with Crippen molar-refractivity contribution in [2.45, 2.75) is 25.4 Å². The third kappa shape index (κ3) is 2.88. The van der Waals surface area contributed by atoms with Gasteiger partial charge < -0.3 is 5.11 Å². The number of carboxylic acids is 1. The number of benzene rings is 1. The minimum Gasteiger partial charge on any atom is -0.480 e. The minimum atomic E-state index is -0.992. The Labute approximate surface area is 158 Å². The standard InChI is InChI=1S/C18H17N5O5/c1-21-14-6-10(11-7-19-22(8-11)9-16(25)26)2-3-12(14)23(18(21)28)13-4-5-15(24)20-17(13)27/h2-3,6-8,13H,4-5,9H2,1H3,(H,25,26)(H,20,24,27). The average molecular weight is 383 g/mol. The first-order valence-corrected chi connectivity index (χ1v) is 8.64. The average Bonchev–Trinajstić information content (AvgIpc) is 3.19. The van der Waals surface area contributed by atoms with E-state index in [4.69, 9.17) is 5.11 Å². The van der Waals surface area contributed by atoms with E-state index in [1.54, 1.807) is 37.6 Å². The Balaban J connectivity index is 1.77. The molecule has 0 spiro atoms. The number of amides is 2. The molecule has 0 radical (unpaired) electrons. The number of nitrogens with one attached hydrogen (secondary N) is 1. The van der Waals surface area contributed by atoms with Gasteiger partial charge in [-0.25, -0.2) is 4.79 Å². The van der Waals surface area contributed by atoms with Gasteiger partial charge in [-0.1, -0.05) is 6.07 Å². The van der Waals surface area contributed by atoms with Gasteiger partial charge in [0.2, 0.25) is 11.8 Å². The molecule has 1 fully saturated rings. The van der Waals surface area contributed by atoms with Crippen LogP contribution in [0.4, 0.5) is 0 Å². The summed E-state index contributed by atoms with van der Waals surface area (Å²) in [5.74, 6) is -1.81. The van der Waals surface area contributed by atoms with Crippen LogP contribution >= 0.6 is 0 Å². The zero-order chi connectivity index (χ0) is 20.0. The Hall–Kier alpha value is -3.69. The van der Waals surface area contributed by atoms with Crippen LogP contribution in [-0.4, -0.2) is 41.8 Å². The number of hydrogen-bond acceptors (Lipinski definition) is 5. The van der Waals surface area contributed by atoms with Crippen LogP contribution in [0.15, 0.2) is 35.4 Å². The predicted molar refractivity (Wildman–Crippen MR) is 97.5 cm³/mol. The number of aromatic nitrogens is 4. The number of hydrogen-bond donors (Lipinski definition) is 2. The molecule has 2 aromatic heterocycles. The first-order valence-electron chi connectivity index (χ1n) is 8.64. The smallest absolute Gasteiger partial charge is 0.329 e. The predicted octanol–water partition coefficient (Wildman–Crippen LogP) is 0.266. The molecule has 10 nitrogen and oxygen atoms in total. The quantitative estimate of drug-likeness (QED) is 0.622. The van der Waals surface area contributed by atoms with Crippen molar-refractivity contribution < 1.29 is 19.5 Å². The van der Waals surface area contributed by atoms with Gasteiger partial charge in [0.15, 0.2) is 0 Å². The van der Waals surface area contributed by atoms with Crippen molar-refractivity contribution in [1.82, 2.24) is 24.2 Å². The van der Waals surface area contributed by atoms with Crippen molar-refractivity contribution in [2.24, 2.45) is 7.05 Å². The molecule has 4 rings (SSSR count). The second-order valence-electron chi connectivity index (χ2n) is 6.70. The molecular formula is C18H17N5O5. The summed E-state index contributed by atoms with van der Waals surface area (Å²) < 4.78 is 4.17. The summed E-state index contributed by atoms with van der Waals surface area (Å²) in [6.07, 6.45) is 3.62. The van der Waals surface area contributed by atoms with Gasteiger partial charge in [0.1, 0.15) is 12.6 Å². The summed E-state index contributed by atoms with van der Waals surface area (Å²) in [5.41, 5.74) is 2.34. The van der Waals surface area contributed by atoms with E-state index in [0.717, 1.165) is 5.56 Å². The summed E-state index contributed by atoms with van der Waals surface area (Å²) >= 11 is 0. The highest BCUT2D eigenvalue weighted by molar-refractivity contribution is 6.00. The van der Waals surface area contributed by atoms with Crippen molar-refractivity contribution in [1.29, 1.82) is 0 Å². The number of carboxylic acid groups (broad SMARTS) is 1. The van der Waals surface area contributed by atoms with E-state index in [2.05, 4.69) is 10.4 Å². The van der Waals surface area contributed by atoms with Crippen LogP contribution in [0.1, 0.15) is 18.9 Å². The summed E-state index contributed by atoms with van der Waals surface area (Å²) in [6, 6.07) is 4.58. The van der Waals surface area contributed by atoms with Crippen molar-refractivity contribution in [3.8, 4) is 11.1 Å². The molecule has 144 valence electrons. The van der Waals surface area contributed by atoms with Gasteiger partial charge in [0.25, 0.3) is 0 Å². The van der Waals surface area contributed by atoms with Crippen LogP contribution in [0.2, 0.25) is 0 Å². The molecule has 1 aliphatic rings. The third-order valence-corrected chi connectivity index (χ3v) is 4.87. The minimum absolute atomic E-state index is 0.181. The lowest BCUT2D eigenvalue weighted by Crippen LogP contribution is -2.44. The van der Waals surface area contributed by atoms with Crippen molar-refractivity contribution in [2.75, 3.05) is 0 Å². The Morgan fingerprint density at radius 1 is 1.25 bits per heavy atom. The molecular weight excluding hydrogens is 366 g/mol. The van der Waals surface area contributed by atoms with Crippen LogP contribution in [-0.2, 0) is 28.0 Å². The first kappa shape index (κ1) is 17.7. The number of imidazole rings is 1. The number of aliphatic carboxylic acids is 1. The largest absolute Gasteiger partial charge is 0.480 e. The third-order valence-electron chi connectivity index (χ3n) is 4.87. The number of carbonyl (C=O) groups excluding carboxylic acids is 2. The van der Waals surface area contributed by atoms with Crippen molar-refractivity contribution in [3.63, 3.8) is 0 Å². The highest BCUT2D eigenvalue weighted by Crippen LogP contribution is 2.27. The lowest BCUT2D eigenvalue weighted by molar-refractivity contribution is -0.138. The molecule has 28 heavy (non-hydrogen) atoms. The number of piperidine rings is 1. The maximum Gasteiger partial charge on any atom is 0.329 e. The van der Waals surface area contributed by atoms with Gasteiger partial charge in [0.05, 0.1) is 17.2 Å². The SMILES string of the molecule is Cn1c(=O)n(C2CCC(=O)NC2=O)c2ccc(-c3cnn(CC(=O)O)c3)cc21. The topological polar surface area (TPSA) is 128 Å². The van der Waals surface area contributed by atoms with E-state index in [0.29, 0.717) is 16.6 Å². The molecule has 0 bridgehead atoms. The van der Waals surface area contributed by atoms with E-state index in [1.165, 1.54) is 13.8 Å². The highest BCUT2D eigenvalue weighted by atomic mass is 16.4. The molecule has 3 heterocycles. The van der Waals surface area contributed by atoms with E-state index in [1.807, 2.05) is 0 Å². The highest BCUT2D eigenvalue weighted by Gasteiger charge is 2.31. The Morgan fingerprint density at radius 2 is 2.04 bits per heavy atom. The van der Waals surface area contributed by atoms with E-state index in [9.17, 15) is 19.2 Å². The molecule has 0 saturated carbocycles. The molecule has 1 aromatic carbocycles. The Morgan fingerprint density at radius 3 is 2.75 bits per heavy atom. The number of nitrogens with zero attached hydrogens (tertiary/aromatic N) is 4. The van der Waals surface area contributed by atoms with Crippen LogP contribution in [0.5, 0.6) is 0 Å². The summed E-state index contributed by atoms with van der Waals surface area (Å²) in [7, 11) is 1.62. The Bertz CT molecular complexity index is 1180. The van der Waals surface area contributed by atoms with E-state index >= 15 is 0 Å². The van der Waals surface area contributed by atoms with Gasteiger partial charge >= 0.3 is 11.7 Å². The molecule has 2 N–H and O–H groups in total. The molecule has 1 saturated heterocycles. The van der Waals surface area contributed by atoms with E-state index in [-0.39, 0.29) is 31.0 Å². The second-order valence-corrected chi connectivity index (χ2v) is 6.70. The fourth-order valence-corrected chi connectivity index (χ4v) is 3.51. The zero-order valence-electron chi connectivity index (χ0n) is 15.0. The molecule has 3 aromatic rings. The Kier molecular flexibility index (Phi) is 4.10. The molecule has 1 unspecified atom stereocenters. The van der Waals surface area contributed by atoms with Crippen molar-refractivity contribution in [3.05, 3.63) is 41.1 Å². The maximum atomic E-state index is 12.8. The number of fused-ring (bicyclic) bond motifs is 1. The van der Waals surface area contributed by atoms with Gasteiger partial charge in [-0.2, -0.15) is 5.10 Å². The fourth-order valence-electron chi connectivity index (χ4n) is 3.51. The fraction of sp³-hybridized carbons (Fsp3) is 0.278. The van der Waals surface area contributed by atoms with Crippen LogP contribution in [0.3, 0.4) is 0 Å². The molecule has 1 aliphatic heterocycles. The molecule has 10 heteroatoms. The number of rotatable bonds is 4. The van der Waals surface area contributed by atoms with Gasteiger partial charge in [-0.05, 0) is 24.1 Å². The monoisotopic (exact) mass is 383 g/mol. The number of imide groups is 1. The summed E-state index contributed by atoms with van der Waals surface area (Å²) in [4.78, 5) is 47.2. The normalized spacial score (nSPS) is 17.1. The maximum absolute atomic E-state index is 12.8. The van der Waals surface area contributed by atoms with E-state index < -0.39 is 17.9 Å². The summed E-state index contributed by atoms with van der Waals surface area (Å²) in [5, 5.41) is 15.2. The zero-order valence-corrected chi connectivity index (χ0v) is 15.0. The second kappa shape index (κ2) is 6.48. The van der Waals surface area contributed by atoms with Gasteiger partial charge in [0, 0.05) is 25.2 Å². The molecule has 2 amide bonds. The first-order chi connectivity index (χ1) is 13.3. The van der Waals surface area contributed by atoms with Gasteiger partial charge in [-0.15, -0.1) is 0 Å². The number of aryl methyl sites for hydroxylation is 1. The molecule has 1 atom stereocenters. The van der Waals surface area contributed by atoms with Crippen LogP contribution < -0.4 is 11.0 Å². The van der Waals surface area contributed by atoms with Crippen molar-refractivity contribution >= 4 is 28.8 Å². The number of carbonyl (C=O) groups is 3. The summed E-state index contributed by atoms with van der Waals surface area (Å²) in [6.45, 7) is -0.243. The van der Waals surface area contributed by atoms with Crippen LogP contribution in [0, 0.1) is 0 Å². The van der Waals surface area contributed by atoms with Crippen LogP contribution in [0.25, 0.3) is 22.2 Å². The lowest BCUT2D eigenvalue weighted by Gasteiger charge is -2.21.